The minimum Gasteiger partial charge on any atom is -0.454 e. The fraction of sp³-hybridized carbons (Fsp3) is 0.440. The van der Waals surface area contributed by atoms with Crippen molar-refractivity contribution in [2.24, 2.45) is 5.92 Å². The number of fused-ring (bicyclic) bond motifs is 2. The van der Waals surface area contributed by atoms with Crippen molar-refractivity contribution in [2.75, 3.05) is 19.9 Å². The van der Waals surface area contributed by atoms with E-state index in [0.717, 1.165) is 50.3 Å². The Morgan fingerprint density at radius 2 is 1.90 bits per heavy atom. The molecule has 0 bridgehead atoms. The van der Waals surface area contributed by atoms with E-state index in [2.05, 4.69) is 48.6 Å². The molecule has 3 aliphatic rings. The molecular formula is C25H30NO3+. The van der Waals surface area contributed by atoms with Gasteiger partial charge in [-0.05, 0) is 42.7 Å². The van der Waals surface area contributed by atoms with E-state index in [-0.39, 0.29) is 6.04 Å². The molecule has 4 heteroatoms. The van der Waals surface area contributed by atoms with E-state index in [4.69, 9.17) is 9.47 Å². The van der Waals surface area contributed by atoms with Crippen molar-refractivity contribution in [3.05, 3.63) is 65.7 Å². The highest BCUT2D eigenvalue weighted by atomic mass is 16.7. The van der Waals surface area contributed by atoms with Crippen LogP contribution in [0.5, 0.6) is 11.5 Å². The topological polar surface area (TPSA) is 43.1 Å². The molecule has 2 aromatic carbocycles. The SMILES string of the molecule is O[C@@]12CCCC[C@@H]1[C@@H](c1ccc3c(c1)OCO3)[NH+](C/C=C/c1ccccc1)CC2. The molecule has 0 aromatic heterocycles. The van der Waals surface area contributed by atoms with E-state index in [0.29, 0.717) is 12.7 Å². The van der Waals surface area contributed by atoms with Gasteiger partial charge in [-0.25, -0.2) is 0 Å². The number of quaternary nitrogens is 1. The standard InChI is InChI=1S/C25H29NO3/c27-25-13-5-4-10-21(25)24(20-11-12-22-23(17-20)29-18-28-22)26(16-14-25)15-6-9-19-7-2-1-3-8-19/h1-3,6-9,11-12,17,21,24,27H,4-5,10,13-16,18H2/p+1/b9-6+/t21-,24-,25-/m1/s1. The lowest BCUT2D eigenvalue weighted by Crippen LogP contribution is -3.14. The first-order valence-electron chi connectivity index (χ1n) is 10.9. The second-order valence-corrected chi connectivity index (χ2v) is 8.72. The summed E-state index contributed by atoms with van der Waals surface area (Å²) in [6, 6.07) is 17.1. The molecule has 2 aliphatic heterocycles. The largest absolute Gasteiger partial charge is 0.454 e. The summed E-state index contributed by atoms with van der Waals surface area (Å²) in [5.74, 6) is 1.96. The van der Waals surface area contributed by atoms with Gasteiger partial charge in [0.15, 0.2) is 11.5 Å². The van der Waals surface area contributed by atoms with Crippen LogP contribution in [0.4, 0.5) is 0 Å². The number of likely N-dealkylation sites (tertiary alicyclic amines) is 1. The van der Waals surface area contributed by atoms with Crippen molar-refractivity contribution in [2.45, 2.75) is 43.7 Å². The molecular weight excluding hydrogens is 362 g/mol. The molecule has 0 radical (unpaired) electrons. The summed E-state index contributed by atoms with van der Waals surface area (Å²) in [5.41, 5.74) is 1.98. The summed E-state index contributed by atoms with van der Waals surface area (Å²) in [6.07, 6.45) is 9.79. The number of hydrogen-bond acceptors (Lipinski definition) is 3. The third kappa shape index (κ3) is 3.67. The Hall–Kier alpha value is -2.30. The van der Waals surface area contributed by atoms with Crippen molar-refractivity contribution in [3.63, 3.8) is 0 Å². The molecule has 0 spiro atoms. The molecule has 4 atom stereocenters. The molecule has 2 fully saturated rings. The molecule has 4 nitrogen and oxygen atoms in total. The van der Waals surface area contributed by atoms with Gasteiger partial charge in [0, 0.05) is 17.9 Å². The fourth-order valence-electron chi connectivity index (χ4n) is 5.57. The van der Waals surface area contributed by atoms with E-state index in [1.54, 1.807) is 0 Å². The van der Waals surface area contributed by atoms with Crippen LogP contribution in [-0.4, -0.2) is 30.6 Å². The van der Waals surface area contributed by atoms with Gasteiger partial charge in [-0.15, -0.1) is 0 Å². The summed E-state index contributed by atoms with van der Waals surface area (Å²) in [4.78, 5) is 1.53. The summed E-state index contributed by atoms with van der Waals surface area (Å²) in [6.45, 7) is 2.25. The van der Waals surface area contributed by atoms with Crippen LogP contribution in [0.2, 0.25) is 0 Å². The van der Waals surface area contributed by atoms with Crippen LogP contribution in [0.3, 0.4) is 0 Å². The maximum Gasteiger partial charge on any atom is 0.231 e. The Kier molecular flexibility index (Phi) is 5.06. The highest BCUT2D eigenvalue weighted by Crippen LogP contribution is 2.45. The van der Waals surface area contributed by atoms with Gasteiger partial charge in [0.1, 0.15) is 6.04 Å². The lowest BCUT2D eigenvalue weighted by Gasteiger charge is -2.50. The van der Waals surface area contributed by atoms with Crippen LogP contribution in [-0.2, 0) is 0 Å². The third-order valence-electron chi connectivity index (χ3n) is 7.03. The van der Waals surface area contributed by atoms with E-state index in [1.165, 1.54) is 22.4 Å². The smallest absolute Gasteiger partial charge is 0.231 e. The Balaban J connectivity index is 1.43. The number of ether oxygens (including phenoxy) is 2. The molecule has 2 heterocycles. The highest BCUT2D eigenvalue weighted by molar-refractivity contribution is 5.48. The lowest BCUT2D eigenvalue weighted by atomic mass is 9.66. The highest BCUT2D eigenvalue weighted by Gasteiger charge is 2.51. The van der Waals surface area contributed by atoms with Crippen LogP contribution < -0.4 is 14.4 Å². The number of piperidine rings is 1. The number of nitrogens with one attached hydrogen (secondary N) is 1. The van der Waals surface area contributed by atoms with E-state index in [9.17, 15) is 5.11 Å². The van der Waals surface area contributed by atoms with Crippen LogP contribution in [0, 0.1) is 5.92 Å². The third-order valence-corrected chi connectivity index (χ3v) is 7.03. The average Bonchev–Trinajstić information content (AvgIpc) is 3.22. The molecule has 152 valence electrons. The van der Waals surface area contributed by atoms with Crippen molar-refractivity contribution < 1.29 is 19.5 Å². The van der Waals surface area contributed by atoms with E-state index in [1.807, 2.05) is 12.1 Å². The molecule has 5 rings (SSSR count). The van der Waals surface area contributed by atoms with E-state index >= 15 is 0 Å². The lowest BCUT2D eigenvalue weighted by molar-refractivity contribution is -0.939. The van der Waals surface area contributed by atoms with Crippen molar-refractivity contribution in [1.29, 1.82) is 0 Å². The monoisotopic (exact) mass is 392 g/mol. The Bertz CT molecular complexity index is 881. The minimum atomic E-state index is -0.522. The van der Waals surface area contributed by atoms with Gasteiger partial charge in [-0.3, -0.25) is 0 Å². The van der Waals surface area contributed by atoms with Crippen molar-refractivity contribution in [1.82, 2.24) is 0 Å². The van der Waals surface area contributed by atoms with Gasteiger partial charge in [0.2, 0.25) is 6.79 Å². The zero-order valence-corrected chi connectivity index (χ0v) is 16.8. The van der Waals surface area contributed by atoms with E-state index < -0.39 is 5.60 Å². The van der Waals surface area contributed by atoms with Crippen LogP contribution in [0.15, 0.2) is 54.6 Å². The summed E-state index contributed by atoms with van der Waals surface area (Å²) < 4.78 is 11.2. The predicted octanol–water partition coefficient (Wildman–Crippen LogP) is 3.38. The average molecular weight is 393 g/mol. The zero-order valence-electron chi connectivity index (χ0n) is 16.8. The molecule has 2 N–H and O–H groups in total. The molecule has 1 saturated carbocycles. The first-order valence-corrected chi connectivity index (χ1v) is 10.9. The number of aliphatic hydroxyl groups is 1. The number of rotatable bonds is 4. The summed E-state index contributed by atoms with van der Waals surface area (Å²) >= 11 is 0. The van der Waals surface area contributed by atoms with Crippen LogP contribution in [0.25, 0.3) is 6.08 Å². The molecule has 1 saturated heterocycles. The number of hydrogen-bond donors (Lipinski definition) is 2. The Morgan fingerprint density at radius 1 is 1.03 bits per heavy atom. The van der Waals surface area contributed by atoms with Gasteiger partial charge in [0.05, 0.1) is 18.7 Å². The van der Waals surface area contributed by atoms with Crippen molar-refractivity contribution in [3.8, 4) is 11.5 Å². The second-order valence-electron chi connectivity index (χ2n) is 8.72. The fourth-order valence-corrected chi connectivity index (χ4v) is 5.57. The Morgan fingerprint density at radius 3 is 2.79 bits per heavy atom. The summed E-state index contributed by atoms with van der Waals surface area (Å²) in [7, 11) is 0. The second kappa shape index (κ2) is 7.85. The van der Waals surface area contributed by atoms with Gasteiger partial charge >= 0.3 is 0 Å². The molecule has 2 aromatic rings. The van der Waals surface area contributed by atoms with Gasteiger partial charge < -0.3 is 19.5 Å². The van der Waals surface area contributed by atoms with Crippen LogP contribution >= 0.6 is 0 Å². The number of benzene rings is 2. The van der Waals surface area contributed by atoms with Gasteiger partial charge in [-0.1, -0.05) is 49.2 Å². The zero-order chi connectivity index (χ0) is 19.7. The normalized spacial score (nSPS) is 31.0. The molecule has 0 amide bonds. The quantitative estimate of drug-likeness (QED) is 0.838. The maximum absolute atomic E-state index is 11.5. The summed E-state index contributed by atoms with van der Waals surface area (Å²) in [5, 5.41) is 11.5. The van der Waals surface area contributed by atoms with Gasteiger partial charge in [-0.2, -0.15) is 0 Å². The van der Waals surface area contributed by atoms with Gasteiger partial charge in [0.25, 0.3) is 0 Å². The minimum absolute atomic E-state index is 0.281. The first kappa shape index (κ1) is 18.7. The van der Waals surface area contributed by atoms with Crippen LogP contribution in [0.1, 0.15) is 49.3 Å². The van der Waals surface area contributed by atoms with Crippen molar-refractivity contribution >= 4 is 6.08 Å². The Labute approximate surface area is 172 Å². The first-order chi connectivity index (χ1) is 14.2. The molecule has 29 heavy (non-hydrogen) atoms. The maximum atomic E-state index is 11.5. The predicted molar refractivity (Wildman–Crippen MR) is 113 cm³/mol. The molecule has 1 unspecified atom stereocenters. The molecule has 1 aliphatic carbocycles.